The van der Waals surface area contributed by atoms with Crippen molar-refractivity contribution in [3.8, 4) is 5.75 Å². The molecule has 2 heterocycles. The molecule has 1 amide bonds. The molecule has 1 aliphatic heterocycles. The van der Waals surface area contributed by atoms with Crippen LogP contribution in [0.25, 0.3) is 0 Å². The Kier molecular flexibility index (Phi) is 4.45. The third kappa shape index (κ3) is 3.45. The second-order valence-electron chi connectivity index (χ2n) is 8.88. The van der Waals surface area contributed by atoms with Crippen LogP contribution in [0.4, 0.5) is 0 Å². The van der Waals surface area contributed by atoms with E-state index in [1.165, 1.54) is 0 Å². The van der Waals surface area contributed by atoms with Gasteiger partial charge in [0.15, 0.2) is 0 Å². The molecule has 0 bridgehead atoms. The molecular formula is C23H27N3O3. The van der Waals surface area contributed by atoms with Crippen LogP contribution in [-0.2, 0) is 23.1 Å². The van der Waals surface area contributed by atoms with E-state index < -0.39 is 0 Å². The number of hydrogen-bond donors (Lipinski definition) is 2. The maximum Gasteiger partial charge on any atom is 0.254 e. The van der Waals surface area contributed by atoms with Gasteiger partial charge in [-0.25, -0.2) is 4.98 Å². The van der Waals surface area contributed by atoms with Crippen LogP contribution in [0.1, 0.15) is 67.1 Å². The SMILES string of the molecule is O=C(CCc1ccc(O)cc1)N1CCC2(CCc3c2nc(C2CC2)[nH]c3=O)CC1. The van der Waals surface area contributed by atoms with Crippen molar-refractivity contribution in [2.24, 2.45) is 0 Å². The van der Waals surface area contributed by atoms with Gasteiger partial charge in [0.25, 0.3) is 5.56 Å². The van der Waals surface area contributed by atoms with E-state index in [1.54, 1.807) is 12.1 Å². The average Bonchev–Trinajstić information content (AvgIpc) is 3.52. The van der Waals surface area contributed by atoms with Crippen LogP contribution in [0, 0.1) is 0 Å². The number of aromatic hydroxyl groups is 1. The minimum atomic E-state index is -0.0268. The summed E-state index contributed by atoms with van der Waals surface area (Å²) in [6.45, 7) is 1.47. The van der Waals surface area contributed by atoms with Gasteiger partial charge >= 0.3 is 0 Å². The Bertz CT molecular complexity index is 983. The van der Waals surface area contributed by atoms with E-state index in [4.69, 9.17) is 4.98 Å². The second kappa shape index (κ2) is 7.01. The van der Waals surface area contributed by atoms with Crippen LogP contribution in [0.3, 0.4) is 0 Å². The minimum absolute atomic E-state index is 0.0268. The molecule has 6 heteroatoms. The predicted molar refractivity (Wildman–Crippen MR) is 109 cm³/mol. The molecule has 152 valence electrons. The number of H-pyrrole nitrogens is 1. The first-order valence-electron chi connectivity index (χ1n) is 10.7. The van der Waals surface area contributed by atoms with Gasteiger partial charge in [0.05, 0.1) is 5.69 Å². The number of carbonyl (C=O) groups excluding carboxylic acids is 1. The number of fused-ring (bicyclic) bond motifs is 2. The van der Waals surface area contributed by atoms with Crippen LogP contribution in [0.15, 0.2) is 29.1 Å². The normalized spacial score (nSPS) is 20.1. The van der Waals surface area contributed by atoms with Crippen molar-refractivity contribution in [3.05, 3.63) is 57.3 Å². The molecule has 0 radical (unpaired) electrons. The number of piperidine rings is 1. The topological polar surface area (TPSA) is 86.3 Å². The molecule has 1 spiro atoms. The van der Waals surface area contributed by atoms with E-state index in [0.29, 0.717) is 18.8 Å². The number of aromatic nitrogens is 2. The largest absolute Gasteiger partial charge is 0.508 e. The molecule has 2 N–H and O–H groups in total. The number of aryl methyl sites for hydroxylation is 1. The highest BCUT2D eigenvalue weighted by atomic mass is 16.3. The van der Waals surface area contributed by atoms with Gasteiger partial charge in [-0.2, -0.15) is 0 Å². The van der Waals surface area contributed by atoms with Gasteiger partial charge in [-0.05, 0) is 62.6 Å². The highest BCUT2D eigenvalue weighted by Gasteiger charge is 2.45. The Morgan fingerprint density at radius 1 is 1.17 bits per heavy atom. The average molecular weight is 393 g/mol. The number of carbonyl (C=O) groups is 1. The maximum atomic E-state index is 12.7. The Morgan fingerprint density at radius 3 is 2.59 bits per heavy atom. The number of likely N-dealkylation sites (tertiary alicyclic amines) is 1. The zero-order valence-corrected chi connectivity index (χ0v) is 16.6. The van der Waals surface area contributed by atoms with Crippen molar-refractivity contribution in [2.45, 2.75) is 62.7 Å². The van der Waals surface area contributed by atoms with E-state index in [0.717, 1.165) is 74.3 Å². The summed E-state index contributed by atoms with van der Waals surface area (Å²) < 4.78 is 0. The zero-order chi connectivity index (χ0) is 20.0. The molecule has 1 saturated carbocycles. The second-order valence-corrected chi connectivity index (χ2v) is 8.88. The number of amides is 1. The van der Waals surface area contributed by atoms with Crippen molar-refractivity contribution in [2.75, 3.05) is 13.1 Å². The zero-order valence-electron chi connectivity index (χ0n) is 16.6. The molecule has 1 aromatic heterocycles. The summed E-state index contributed by atoms with van der Waals surface area (Å²) in [6, 6.07) is 7.05. The molecule has 2 aromatic rings. The van der Waals surface area contributed by atoms with Crippen molar-refractivity contribution >= 4 is 5.91 Å². The Morgan fingerprint density at radius 2 is 1.90 bits per heavy atom. The highest BCUT2D eigenvalue weighted by Crippen LogP contribution is 2.46. The maximum absolute atomic E-state index is 12.7. The molecule has 0 unspecified atom stereocenters. The number of nitrogens with zero attached hydrogens (tertiary/aromatic N) is 2. The van der Waals surface area contributed by atoms with Gasteiger partial charge in [0.1, 0.15) is 11.6 Å². The lowest BCUT2D eigenvalue weighted by Gasteiger charge is -2.39. The molecule has 1 aromatic carbocycles. The summed E-state index contributed by atoms with van der Waals surface area (Å²) >= 11 is 0. The minimum Gasteiger partial charge on any atom is -0.508 e. The molecule has 2 fully saturated rings. The number of phenols is 1. The van der Waals surface area contributed by atoms with Gasteiger partial charge < -0.3 is 15.0 Å². The lowest BCUT2D eigenvalue weighted by molar-refractivity contribution is -0.132. The molecule has 29 heavy (non-hydrogen) atoms. The van der Waals surface area contributed by atoms with Crippen molar-refractivity contribution in [1.29, 1.82) is 0 Å². The first kappa shape index (κ1) is 18.4. The fourth-order valence-electron chi connectivity index (χ4n) is 4.96. The predicted octanol–water partition coefficient (Wildman–Crippen LogP) is 2.79. The van der Waals surface area contributed by atoms with Gasteiger partial charge in [0.2, 0.25) is 5.91 Å². The standard InChI is InChI=1S/C23H27N3O3/c27-17-6-1-15(2-7-17)3-8-19(28)26-13-11-23(12-14-26)10-9-18-20(23)24-21(16-4-5-16)25-22(18)29/h1-2,6-7,16,27H,3-5,8-14H2,(H,24,25,29). The lowest BCUT2D eigenvalue weighted by atomic mass is 9.76. The fourth-order valence-corrected chi connectivity index (χ4v) is 4.96. The number of benzene rings is 1. The first-order chi connectivity index (χ1) is 14.0. The highest BCUT2D eigenvalue weighted by molar-refractivity contribution is 5.76. The third-order valence-corrected chi connectivity index (χ3v) is 6.99. The first-order valence-corrected chi connectivity index (χ1v) is 10.7. The number of aromatic amines is 1. The lowest BCUT2D eigenvalue weighted by Crippen LogP contribution is -2.45. The Hall–Kier alpha value is -2.63. The summed E-state index contributed by atoms with van der Waals surface area (Å²) in [5.41, 5.74) is 2.99. The fraction of sp³-hybridized carbons (Fsp3) is 0.522. The summed E-state index contributed by atoms with van der Waals surface area (Å²) in [5.74, 6) is 1.74. The number of rotatable bonds is 4. The molecule has 6 nitrogen and oxygen atoms in total. The Labute approximate surface area is 170 Å². The van der Waals surface area contributed by atoms with E-state index in [9.17, 15) is 14.7 Å². The quantitative estimate of drug-likeness (QED) is 0.836. The van der Waals surface area contributed by atoms with Crippen molar-refractivity contribution in [1.82, 2.24) is 14.9 Å². The smallest absolute Gasteiger partial charge is 0.254 e. The van der Waals surface area contributed by atoms with Crippen LogP contribution < -0.4 is 5.56 Å². The molecule has 3 aliphatic rings. The monoisotopic (exact) mass is 393 g/mol. The van der Waals surface area contributed by atoms with E-state index in [1.807, 2.05) is 17.0 Å². The summed E-state index contributed by atoms with van der Waals surface area (Å²) in [7, 11) is 0. The van der Waals surface area contributed by atoms with Crippen LogP contribution in [-0.4, -0.2) is 39.0 Å². The number of hydrogen-bond acceptors (Lipinski definition) is 4. The number of nitrogens with one attached hydrogen (secondary N) is 1. The van der Waals surface area contributed by atoms with E-state index in [2.05, 4.69) is 4.98 Å². The van der Waals surface area contributed by atoms with Gasteiger partial charge in [-0.15, -0.1) is 0 Å². The van der Waals surface area contributed by atoms with Crippen molar-refractivity contribution in [3.63, 3.8) is 0 Å². The molecule has 2 aliphatic carbocycles. The van der Waals surface area contributed by atoms with Crippen LogP contribution in [0.2, 0.25) is 0 Å². The molecule has 5 rings (SSSR count). The van der Waals surface area contributed by atoms with Gasteiger partial charge in [-0.3, -0.25) is 9.59 Å². The van der Waals surface area contributed by atoms with Crippen molar-refractivity contribution < 1.29 is 9.90 Å². The Balaban J connectivity index is 1.25. The van der Waals surface area contributed by atoms with E-state index >= 15 is 0 Å². The van der Waals surface area contributed by atoms with Gasteiger partial charge in [-0.1, -0.05) is 12.1 Å². The summed E-state index contributed by atoms with van der Waals surface area (Å²) in [5, 5.41) is 9.37. The molecular weight excluding hydrogens is 366 g/mol. The summed E-state index contributed by atoms with van der Waals surface area (Å²) in [4.78, 5) is 35.1. The third-order valence-electron chi connectivity index (χ3n) is 6.99. The summed E-state index contributed by atoms with van der Waals surface area (Å²) in [6.07, 6.45) is 6.98. The van der Waals surface area contributed by atoms with E-state index in [-0.39, 0.29) is 22.6 Å². The molecule has 0 atom stereocenters. The van der Waals surface area contributed by atoms with Crippen LogP contribution >= 0.6 is 0 Å². The number of phenolic OH excluding ortho intramolecular Hbond substituents is 1. The van der Waals surface area contributed by atoms with Gasteiger partial charge in [0, 0.05) is 36.4 Å². The van der Waals surface area contributed by atoms with Crippen LogP contribution in [0.5, 0.6) is 5.75 Å². The molecule has 1 saturated heterocycles.